The number of hydrogen-bond donors (Lipinski definition) is 1. The molecule has 0 radical (unpaired) electrons. The van der Waals surface area contributed by atoms with Crippen LogP contribution in [0, 0.1) is 0 Å². The molecule has 108 valence electrons. The zero-order chi connectivity index (χ0) is 14.1. The van der Waals surface area contributed by atoms with Crippen molar-refractivity contribution in [1.29, 1.82) is 0 Å². The summed E-state index contributed by atoms with van der Waals surface area (Å²) < 4.78 is 33.6. The van der Waals surface area contributed by atoms with E-state index in [2.05, 4.69) is 0 Å². The molecule has 6 heteroatoms. The molecular weight excluding hydrogens is 266 g/mol. The first-order valence-electron chi connectivity index (χ1n) is 6.25. The molecule has 1 aromatic rings. The highest BCUT2D eigenvalue weighted by atomic mass is 32.2. The fourth-order valence-corrected chi connectivity index (χ4v) is 2.91. The topological polar surface area (TPSA) is 78.6 Å². The Hall–Kier alpha value is -1.27. The summed E-state index contributed by atoms with van der Waals surface area (Å²) in [6, 6.07) is 7.18. The SMILES string of the molecule is COc1ccc(OCCCS(=O)(=O)CCCN)cc1. The number of sulfone groups is 1. The van der Waals surface area contributed by atoms with E-state index in [1.807, 2.05) is 0 Å². The van der Waals surface area contributed by atoms with Crippen molar-refractivity contribution in [3.8, 4) is 11.5 Å². The van der Waals surface area contributed by atoms with Gasteiger partial charge >= 0.3 is 0 Å². The van der Waals surface area contributed by atoms with Crippen LogP contribution in [-0.2, 0) is 9.84 Å². The van der Waals surface area contributed by atoms with Crippen LogP contribution in [0.25, 0.3) is 0 Å². The summed E-state index contributed by atoms with van der Waals surface area (Å²) >= 11 is 0. The van der Waals surface area contributed by atoms with Crippen molar-refractivity contribution in [2.45, 2.75) is 12.8 Å². The van der Waals surface area contributed by atoms with E-state index in [1.54, 1.807) is 31.4 Å². The first-order valence-corrected chi connectivity index (χ1v) is 8.07. The third-order valence-corrected chi connectivity index (χ3v) is 4.41. The summed E-state index contributed by atoms with van der Waals surface area (Å²) in [5.74, 6) is 1.77. The predicted molar refractivity (Wildman–Crippen MR) is 75.4 cm³/mol. The van der Waals surface area contributed by atoms with Gasteiger partial charge in [0.25, 0.3) is 0 Å². The van der Waals surface area contributed by atoms with Gasteiger partial charge in [0.1, 0.15) is 21.3 Å². The molecule has 0 unspecified atom stereocenters. The lowest BCUT2D eigenvalue weighted by molar-refractivity contribution is 0.317. The van der Waals surface area contributed by atoms with Gasteiger partial charge in [-0.15, -0.1) is 0 Å². The maximum absolute atomic E-state index is 11.6. The molecule has 1 aromatic carbocycles. The molecule has 0 aliphatic carbocycles. The van der Waals surface area contributed by atoms with Gasteiger partial charge in [0.15, 0.2) is 0 Å². The van der Waals surface area contributed by atoms with Gasteiger partial charge in [-0.1, -0.05) is 0 Å². The molecule has 0 aliphatic rings. The fraction of sp³-hybridized carbons (Fsp3) is 0.538. The maximum atomic E-state index is 11.6. The number of rotatable bonds is 9. The van der Waals surface area contributed by atoms with E-state index in [9.17, 15) is 8.42 Å². The van der Waals surface area contributed by atoms with Crippen molar-refractivity contribution in [3.63, 3.8) is 0 Å². The Morgan fingerprint density at radius 2 is 1.63 bits per heavy atom. The summed E-state index contributed by atoms with van der Waals surface area (Å²) in [6.45, 7) is 0.787. The van der Waals surface area contributed by atoms with Crippen LogP contribution in [0.15, 0.2) is 24.3 Å². The Balaban J connectivity index is 2.26. The Morgan fingerprint density at radius 1 is 1.05 bits per heavy atom. The van der Waals surface area contributed by atoms with Gasteiger partial charge in [-0.3, -0.25) is 0 Å². The van der Waals surface area contributed by atoms with Gasteiger partial charge in [-0.05, 0) is 43.7 Å². The summed E-state index contributed by atoms with van der Waals surface area (Å²) in [5, 5.41) is 0. The van der Waals surface area contributed by atoms with Crippen LogP contribution in [-0.4, -0.2) is 40.2 Å². The second-order valence-corrected chi connectivity index (χ2v) is 6.48. The first-order chi connectivity index (χ1) is 9.07. The molecule has 0 aromatic heterocycles. The van der Waals surface area contributed by atoms with Crippen LogP contribution in [0.4, 0.5) is 0 Å². The minimum Gasteiger partial charge on any atom is -0.497 e. The van der Waals surface area contributed by atoms with Crippen LogP contribution in [0.1, 0.15) is 12.8 Å². The molecule has 0 saturated carbocycles. The van der Waals surface area contributed by atoms with E-state index in [1.165, 1.54) is 0 Å². The van der Waals surface area contributed by atoms with E-state index in [0.717, 1.165) is 5.75 Å². The fourth-order valence-electron chi connectivity index (χ4n) is 1.55. The number of nitrogens with two attached hydrogens (primary N) is 1. The molecule has 0 saturated heterocycles. The van der Waals surface area contributed by atoms with Gasteiger partial charge in [-0.2, -0.15) is 0 Å². The molecule has 1 rings (SSSR count). The second kappa shape index (κ2) is 8.01. The van der Waals surface area contributed by atoms with Gasteiger partial charge in [0.2, 0.25) is 0 Å². The summed E-state index contributed by atoms with van der Waals surface area (Å²) in [7, 11) is -1.39. The van der Waals surface area contributed by atoms with Crippen molar-refractivity contribution >= 4 is 9.84 Å². The number of benzene rings is 1. The molecule has 0 bridgehead atoms. The van der Waals surface area contributed by atoms with Crippen LogP contribution >= 0.6 is 0 Å². The molecule has 2 N–H and O–H groups in total. The highest BCUT2D eigenvalue weighted by Gasteiger charge is 2.09. The van der Waals surface area contributed by atoms with Crippen LogP contribution in [0.5, 0.6) is 11.5 Å². The third kappa shape index (κ3) is 6.45. The van der Waals surface area contributed by atoms with Crippen molar-refractivity contribution in [2.24, 2.45) is 5.73 Å². The monoisotopic (exact) mass is 287 g/mol. The van der Waals surface area contributed by atoms with Crippen molar-refractivity contribution in [2.75, 3.05) is 31.8 Å². The largest absolute Gasteiger partial charge is 0.497 e. The Bertz CT molecular complexity index is 456. The minimum atomic E-state index is -2.99. The Morgan fingerprint density at radius 3 is 2.21 bits per heavy atom. The molecule has 19 heavy (non-hydrogen) atoms. The van der Waals surface area contributed by atoms with E-state index in [0.29, 0.717) is 31.7 Å². The molecule has 0 atom stereocenters. The smallest absolute Gasteiger partial charge is 0.150 e. The Labute approximate surface area is 114 Å². The molecule has 0 heterocycles. The number of methoxy groups -OCH3 is 1. The molecule has 0 amide bonds. The highest BCUT2D eigenvalue weighted by molar-refractivity contribution is 7.91. The van der Waals surface area contributed by atoms with Gasteiger partial charge in [-0.25, -0.2) is 8.42 Å². The molecular formula is C13H21NO4S. The van der Waals surface area contributed by atoms with Crippen LogP contribution in [0.3, 0.4) is 0 Å². The lowest BCUT2D eigenvalue weighted by Gasteiger charge is -2.07. The number of hydrogen-bond acceptors (Lipinski definition) is 5. The third-order valence-electron chi connectivity index (χ3n) is 2.59. The quantitative estimate of drug-likeness (QED) is 0.691. The lowest BCUT2D eigenvalue weighted by Crippen LogP contribution is -2.16. The maximum Gasteiger partial charge on any atom is 0.150 e. The van der Waals surface area contributed by atoms with Crippen molar-refractivity contribution in [3.05, 3.63) is 24.3 Å². The predicted octanol–water partition coefficient (Wildman–Crippen LogP) is 1.23. The van der Waals surface area contributed by atoms with Crippen molar-refractivity contribution in [1.82, 2.24) is 0 Å². The van der Waals surface area contributed by atoms with Crippen LogP contribution in [0.2, 0.25) is 0 Å². The van der Waals surface area contributed by atoms with Gasteiger partial charge in [0, 0.05) is 0 Å². The van der Waals surface area contributed by atoms with Crippen LogP contribution < -0.4 is 15.2 Å². The van der Waals surface area contributed by atoms with Crippen molar-refractivity contribution < 1.29 is 17.9 Å². The van der Waals surface area contributed by atoms with E-state index in [-0.39, 0.29) is 11.5 Å². The minimum absolute atomic E-state index is 0.142. The molecule has 0 aliphatic heterocycles. The zero-order valence-corrected chi connectivity index (χ0v) is 12.0. The van der Waals surface area contributed by atoms with E-state index >= 15 is 0 Å². The van der Waals surface area contributed by atoms with Gasteiger partial charge < -0.3 is 15.2 Å². The average Bonchev–Trinajstić information content (AvgIpc) is 2.42. The summed E-state index contributed by atoms with van der Waals surface area (Å²) in [5.41, 5.74) is 5.29. The molecule has 0 fully saturated rings. The first kappa shape index (κ1) is 15.8. The number of ether oxygens (including phenoxy) is 2. The average molecular weight is 287 g/mol. The molecule has 0 spiro atoms. The normalized spacial score (nSPS) is 11.3. The Kier molecular flexibility index (Phi) is 6.66. The second-order valence-electron chi connectivity index (χ2n) is 4.17. The van der Waals surface area contributed by atoms with Gasteiger partial charge in [0.05, 0.1) is 25.2 Å². The van der Waals surface area contributed by atoms with E-state index < -0.39 is 9.84 Å². The summed E-state index contributed by atoms with van der Waals surface area (Å²) in [6.07, 6.45) is 1.00. The van der Waals surface area contributed by atoms with E-state index in [4.69, 9.17) is 15.2 Å². The molecule has 5 nitrogen and oxygen atoms in total. The standard InChI is InChI=1S/C13H21NO4S/c1-17-12-4-6-13(7-5-12)18-9-3-11-19(15,16)10-2-8-14/h4-7H,2-3,8-11,14H2,1H3. The zero-order valence-electron chi connectivity index (χ0n) is 11.2. The lowest BCUT2D eigenvalue weighted by atomic mass is 10.3. The summed E-state index contributed by atoms with van der Waals surface area (Å²) in [4.78, 5) is 0. The highest BCUT2D eigenvalue weighted by Crippen LogP contribution is 2.17.